The Morgan fingerprint density at radius 1 is 1.07 bits per heavy atom. The van der Waals surface area contributed by atoms with Crippen LogP contribution in [0.2, 0.25) is 0 Å². The number of aromatic nitrogens is 4. The van der Waals surface area contributed by atoms with Gasteiger partial charge in [-0.2, -0.15) is 13.9 Å². The van der Waals surface area contributed by atoms with Gasteiger partial charge in [-0.05, 0) is 42.7 Å². The molecule has 5 rings (SSSR count). The maximum Gasteiger partial charge on any atom is 0.316 e. The second kappa shape index (κ2) is 12.4. The van der Waals surface area contributed by atoms with Crippen molar-refractivity contribution in [2.45, 2.75) is 36.8 Å². The average molecular weight is 583 g/mol. The summed E-state index contributed by atoms with van der Waals surface area (Å²) in [6, 6.07) is 16.8. The molecular weight excluding hydrogens is 557 g/mol. The van der Waals surface area contributed by atoms with Gasteiger partial charge in [0.15, 0.2) is 17.4 Å². The predicted octanol–water partition coefficient (Wildman–Crippen LogP) is 6.30. The first-order chi connectivity index (χ1) is 19.8. The van der Waals surface area contributed by atoms with Gasteiger partial charge in [0.25, 0.3) is 0 Å². The van der Waals surface area contributed by atoms with Crippen molar-refractivity contribution in [3.63, 3.8) is 0 Å². The Kier molecular flexibility index (Phi) is 8.48. The summed E-state index contributed by atoms with van der Waals surface area (Å²) in [5.74, 6) is -3.87. The van der Waals surface area contributed by atoms with Gasteiger partial charge in [-0.3, -0.25) is 9.89 Å². The number of alkyl halides is 2. The highest BCUT2D eigenvalue weighted by Gasteiger charge is 2.27. The summed E-state index contributed by atoms with van der Waals surface area (Å²) < 4.78 is 65.0. The van der Waals surface area contributed by atoms with Gasteiger partial charge in [-0.1, -0.05) is 36.4 Å². The lowest BCUT2D eigenvalue weighted by molar-refractivity contribution is -0.143. The molecule has 0 aliphatic carbocycles. The van der Waals surface area contributed by atoms with Crippen molar-refractivity contribution in [3.05, 3.63) is 89.6 Å². The van der Waals surface area contributed by atoms with Gasteiger partial charge in [0.05, 0.1) is 11.5 Å². The summed E-state index contributed by atoms with van der Waals surface area (Å²) in [6.07, 6.45) is 2.76. The molecule has 8 nitrogen and oxygen atoms in total. The van der Waals surface area contributed by atoms with Crippen LogP contribution in [0.5, 0.6) is 11.5 Å². The number of fused-ring (bicyclic) bond motifs is 1. The number of H-pyrrole nitrogens is 2. The highest BCUT2D eigenvalue weighted by Crippen LogP contribution is 2.38. The highest BCUT2D eigenvalue weighted by molar-refractivity contribution is 7.85. The molecule has 2 aromatic heterocycles. The second-order valence-electron chi connectivity index (χ2n) is 9.05. The van der Waals surface area contributed by atoms with Crippen LogP contribution in [0.4, 0.5) is 13.2 Å². The number of carbonyl (C=O) groups excluding carboxylic acids is 1. The molecule has 0 radical (unpaired) electrons. The normalized spacial score (nSPS) is 12.1. The maximum absolute atomic E-state index is 15.0. The Morgan fingerprint density at radius 2 is 1.88 bits per heavy atom. The lowest BCUT2D eigenvalue weighted by Gasteiger charge is -2.13. The first-order valence-electron chi connectivity index (χ1n) is 12.7. The van der Waals surface area contributed by atoms with E-state index < -0.39 is 33.0 Å². The van der Waals surface area contributed by atoms with Crippen LogP contribution in [-0.2, 0) is 33.2 Å². The monoisotopic (exact) mass is 582 g/mol. The maximum atomic E-state index is 15.0. The lowest BCUT2D eigenvalue weighted by Crippen LogP contribution is -2.06. The average Bonchev–Trinajstić information content (AvgIpc) is 3.62. The van der Waals surface area contributed by atoms with Gasteiger partial charge in [-0.15, -0.1) is 0 Å². The minimum absolute atomic E-state index is 0.129. The zero-order chi connectivity index (χ0) is 28.9. The van der Waals surface area contributed by atoms with Crippen LogP contribution >= 0.6 is 0 Å². The van der Waals surface area contributed by atoms with E-state index in [9.17, 15) is 22.2 Å². The van der Waals surface area contributed by atoms with E-state index in [2.05, 4.69) is 20.2 Å². The van der Waals surface area contributed by atoms with Crippen LogP contribution in [0, 0.1) is 5.82 Å². The van der Waals surface area contributed by atoms with E-state index in [0.717, 1.165) is 17.2 Å². The predicted molar refractivity (Wildman–Crippen MR) is 147 cm³/mol. The fourth-order valence-electron chi connectivity index (χ4n) is 4.39. The molecule has 0 amide bonds. The fourth-order valence-corrected chi connectivity index (χ4v) is 5.29. The van der Waals surface area contributed by atoms with E-state index in [1.165, 1.54) is 18.3 Å². The fraction of sp³-hybridized carbons (Fsp3) is 0.207. The number of esters is 1. The quantitative estimate of drug-likeness (QED) is 0.177. The topological polar surface area (TPSA) is 110 Å². The molecule has 0 fully saturated rings. The molecule has 2 heterocycles. The molecule has 0 saturated heterocycles. The highest BCUT2D eigenvalue weighted by atomic mass is 32.2. The Morgan fingerprint density at radius 3 is 2.68 bits per heavy atom. The molecule has 0 bridgehead atoms. The Balaban J connectivity index is 1.35. The summed E-state index contributed by atoms with van der Waals surface area (Å²) >= 11 is 0. The number of aromatic amines is 2. The first kappa shape index (κ1) is 28.1. The van der Waals surface area contributed by atoms with Gasteiger partial charge >= 0.3 is 11.7 Å². The summed E-state index contributed by atoms with van der Waals surface area (Å²) in [6.45, 7) is 2.12. The van der Waals surface area contributed by atoms with Crippen molar-refractivity contribution in [2.75, 3.05) is 6.61 Å². The molecule has 5 aromatic rings. The van der Waals surface area contributed by atoms with Gasteiger partial charge in [0, 0.05) is 41.6 Å². The number of hydrogen-bond acceptors (Lipinski definition) is 6. The smallest absolute Gasteiger partial charge is 0.316 e. The lowest BCUT2D eigenvalue weighted by atomic mass is 10.0. The third-order valence-electron chi connectivity index (χ3n) is 6.21. The van der Waals surface area contributed by atoms with E-state index in [-0.39, 0.29) is 22.6 Å². The molecule has 1 unspecified atom stereocenters. The van der Waals surface area contributed by atoms with Crippen molar-refractivity contribution < 1.29 is 31.6 Å². The van der Waals surface area contributed by atoms with E-state index in [4.69, 9.17) is 9.47 Å². The minimum Gasteiger partial charge on any atom is -0.466 e. The van der Waals surface area contributed by atoms with Crippen LogP contribution in [0.25, 0.3) is 22.3 Å². The molecule has 12 heteroatoms. The number of nitrogens with zero attached hydrogens (tertiary/aromatic N) is 2. The molecule has 0 aliphatic heterocycles. The van der Waals surface area contributed by atoms with E-state index in [0.29, 0.717) is 43.1 Å². The number of carbonyl (C=O) groups is 1. The Hall–Kier alpha value is -4.45. The summed E-state index contributed by atoms with van der Waals surface area (Å²) in [7, 11) is -2.82. The molecule has 0 saturated carbocycles. The van der Waals surface area contributed by atoms with Gasteiger partial charge in [0.1, 0.15) is 22.4 Å². The molecular formula is C29H25F3N4O4S. The summed E-state index contributed by atoms with van der Waals surface area (Å²) in [5.41, 5.74) is 2.73. The van der Waals surface area contributed by atoms with Crippen LogP contribution in [-0.4, -0.2) is 42.7 Å². The van der Waals surface area contributed by atoms with Crippen LogP contribution in [0.1, 0.15) is 30.3 Å². The standard InChI is InChI=1S/C29H25F3N4O4S/c1-2-39-25(37)10-9-17-5-3-6-18(13-17)14-24-34-28(36-35-24)19-7-4-8-20(15-19)40-26-22(30)16-23-21(11-12-33-23)27(26)41(38)29(31)32/h3-8,11-13,15-16,29,33H,2,9-10,14H2,1H3,(H,34,35,36). The van der Waals surface area contributed by atoms with E-state index >= 15 is 0 Å². The number of hydrogen-bond donors (Lipinski definition) is 2. The molecule has 212 valence electrons. The minimum atomic E-state index is -3.23. The van der Waals surface area contributed by atoms with Crippen LogP contribution in [0.3, 0.4) is 0 Å². The number of nitrogens with one attached hydrogen (secondary N) is 2. The number of aryl methyl sites for hydroxylation is 1. The molecule has 1 atom stereocenters. The third kappa shape index (κ3) is 6.49. The number of ether oxygens (including phenoxy) is 2. The summed E-state index contributed by atoms with van der Waals surface area (Å²) in [4.78, 5) is 18.5. The summed E-state index contributed by atoms with van der Waals surface area (Å²) in [5, 5.41) is 7.36. The molecule has 41 heavy (non-hydrogen) atoms. The van der Waals surface area contributed by atoms with Crippen LogP contribution < -0.4 is 4.74 Å². The van der Waals surface area contributed by atoms with Crippen molar-refractivity contribution in [1.29, 1.82) is 0 Å². The SMILES string of the molecule is CCOC(=O)CCc1cccc(Cc2nc(-c3cccc(Oc4c(F)cc5[nH]ccc5c4S(=O)C(F)F)c3)n[nH]2)c1. The number of rotatable bonds is 11. The van der Waals surface area contributed by atoms with Gasteiger partial charge in [0.2, 0.25) is 0 Å². The zero-order valence-electron chi connectivity index (χ0n) is 21.8. The zero-order valence-corrected chi connectivity index (χ0v) is 22.6. The molecule has 3 aromatic carbocycles. The van der Waals surface area contributed by atoms with Crippen LogP contribution in [0.15, 0.2) is 71.8 Å². The Bertz CT molecular complexity index is 1720. The van der Waals surface area contributed by atoms with Gasteiger partial charge < -0.3 is 14.5 Å². The number of benzene rings is 3. The van der Waals surface area contributed by atoms with Crippen molar-refractivity contribution in [3.8, 4) is 22.9 Å². The molecule has 0 aliphatic rings. The number of halogens is 3. The molecule has 2 N–H and O–H groups in total. The second-order valence-corrected chi connectivity index (χ2v) is 10.4. The largest absolute Gasteiger partial charge is 0.466 e. The van der Waals surface area contributed by atoms with Crippen molar-refractivity contribution in [2.24, 2.45) is 0 Å². The first-order valence-corrected chi connectivity index (χ1v) is 13.9. The van der Waals surface area contributed by atoms with E-state index in [1.807, 2.05) is 24.3 Å². The third-order valence-corrected chi connectivity index (χ3v) is 7.34. The molecule has 0 spiro atoms. The van der Waals surface area contributed by atoms with Crippen molar-refractivity contribution >= 4 is 27.7 Å². The van der Waals surface area contributed by atoms with Gasteiger partial charge in [-0.25, -0.2) is 13.6 Å². The van der Waals surface area contributed by atoms with Crippen molar-refractivity contribution in [1.82, 2.24) is 20.2 Å². The van der Waals surface area contributed by atoms with E-state index in [1.54, 1.807) is 25.1 Å². The Labute approximate surface area is 235 Å².